The number of hydrogen-bond donors (Lipinski definition) is 1. The highest BCUT2D eigenvalue weighted by molar-refractivity contribution is 6.29. The van der Waals surface area contributed by atoms with E-state index < -0.39 is 0 Å². The zero-order valence-electron chi connectivity index (χ0n) is 11.3. The smallest absolute Gasteiger partial charge is 0.203 e. The topological polar surface area (TPSA) is 38.0 Å². The van der Waals surface area contributed by atoms with E-state index in [4.69, 9.17) is 11.6 Å². The number of unbranched alkanes of at least 4 members (excludes halogenated alkanes) is 3. The van der Waals surface area contributed by atoms with Gasteiger partial charge in [0.1, 0.15) is 0 Å². The predicted molar refractivity (Wildman–Crippen MR) is 79.5 cm³/mol. The molecule has 0 aliphatic rings. The Labute approximate surface area is 119 Å². The largest absolute Gasteiger partial charge is 0.391 e. The lowest BCUT2D eigenvalue weighted by Crippen LogP contribution is -2.15. The summed E-state index contributed by atoms with van der Waals surface area (Å²) in [6.45, 7) is 2.71. The Hall–Kier alpha value is -1.06. The fraction of sp³-hybridized carbons (Fsp3) is 0.533. The molecule has 0 amide bonds. The summed E-state index contributed by atoms with van der Waals surface area (Å²) in [5, 5.41) is 10.5. The first kappa shape index (κ1) is 14.4. The summed E-state index contributed by atoms with van der Waals surface area (Å²) in [6.07, 6.45) is 5.18. The molecule has 4 heteroatoms. The van der Waals surface area contributed by atoms with Gasteiger partial charge in [-0.1, -0.05) is 44.7 Å². The van der Waals surface area contributed by atoms with Crippen molar-refractivity contribution in [1.82, 2.24) is 9.55 Å². The normalized spacial score (nSPS) is 13.0. The fourth-order valence-electron chi connectivity index (χ4n) is 2.33. The van der Waals surface area contributed by atoms with Crippen molar-refractivity contribution in [3.05, 3.63) is 29.5 Å². The standard InChI is InChI=1S/C15H21ClN2O/c1-2-3-4-5-8-12(19)11-18-14-10-7-6-9-13(14)17-15(18)16/h6-7,9-10,12,19H,2-5,8,11H2,1H3. The molecule has 2 aromatic rings. The SMILES string of the molecule is CCCCCCC(O)Cn1c(Cl)nc2ccccc21. The van der Waals surface area contributed by atoms with Crippen LogP contribution in [0.2, 0.25) is 5.28 Å². The first-order chi connectivity index (χ1) is 9.22. The van der Waals surface area contributed by atoms with E-state index in [0.29, 0.717) is 11.8 Å². The van der Waals surface area contributed by atoms with Crippen molar-refractivity contribution in [1.29, 1.82) is 0 Å². The second-order valence-corrected chi connectivity index (χ2v) is 5.32. The number of halogens is 1. The van der Waals surface area contributed by atoms with Crippen LogP contribution >= 0.6 is 11.6 Å². The Bertz CT molecular complexity index is 524. The molecule has 0 bridgehead atoms. The summed E-state index contributed by atoms with van der Waals surface area (Å²) in [4.78, 5) is 4.29. The molecule has 19 heavy (non-hydrogen) atoms. The third-order valence-corrected chi connectivity index (χ3v) is 3.68. The lowest BCUT2D eigenvalue weighted by atomic mass is 10.1. The summed E-state index contributed by atoms with van der Waals surface area (Å²) in [7, 11) is 0. The van der Waals surface area contributed by atoms with Crippen molar-refractivity contribution in [2.75, 3.05) is 0 Å². The van der Waals surface area contributed by atoms with Crippen molar-refractivity contribution in [3.8, 4) is 0 Å². The number of aliphatic hydroxyl groups is 1. The van der Waals surface area contributed by atoms with E-state index in [1.807, 2.05) is 28.8 Å². The molecule has 2 rings (SSSR count). The Balaban J connectivity index is 1.98. The number of hydrogen-bond acceptors (Lipinski definition) is 2. The van der Waals surface area contributed by atoms with Gasteiger partial charge < -0.3 is 9.67 Å². The molecule has 0 aliphatic heterocycles. The van der Waals surface area contributed by atoms with Crippen LogP contribution in [0.15, 0.2) is 24.3 Å². The van der Waals surface area contributed by atoms with E-state index in [1.54, 1.807) is 0 Å². The molecule has 0 aliphatic carbocycles. The average Bonchev–Trinajstić information content (AvgIpc) is 2.72. The Kier molecular flexibility index (Phi) is 5.23. The van der Waals surface area contributed by atoms with Gasteiger partial charge in [-0.05, 0) is 30.2 Å². The van der Waals surface area contributed by atoms with Crippen molar-refractivity contribution in [3.63, 3.8) is 0 Å². The summed E-state index contributed by atoms with van der Waals surface area (Å²) in [5.41, 5.74) is 1.87. The molecule has 1 unspecified atom stereocenters. The highest BCUT2D eigenvalue weighted by Crippen LogP contribution is 2.20. The molecule has 3 nitrogen and oxygen atoms in total. The van der Waals surface area contributed by atoms with Crippen molar-refractivity contribution in [2.24, 2.45) is 0 Å². The predicted octanol–water partition coefficient (Wildman–Crippen LogP) is 4.02. The maximum absolute atomic E-state index is 10.1. The molecule has 0 spiro atoms. The zero-order chi connectivity index (χ0) is 13.7. The number of fused-ring (bicyclic) bond motifs is 1. The highest BCUT2D eigenvalue weighted by Gasteiger charge is 2.12. The fourth-order valence-corrected chi connectivity index (χ4v) is 2.58. The first-order valence-electron chi connectivity index (χ1n) is 7.01. The molecule has 0 fully saturated rings. The van der Waals surface area contributed by atoms with Gasteiger partial charge >= 0.3 is 0 Å². The summed E-state index contributed by atoms with van der Waals surface area (Å²) in [5.74, 6) is 0. The van der Waals surface area contributed by atoms with E-state index in [-0.39, 0.29) is 6.10 Å². The van der Waals surface area contributed by atoms with E-state index in [2.05, 4.69) is 11.9 Å². The van der Waals surface area contributed by atoms with Gasteiger partial charge in [-0.2, -0.15) is 0 Å². The van der Waals surface area contributed by atoms with Crippen molar-refractivity contribution in [2.45, 2.75) is 51.7 Å². The minimum atomic E-state index is -0.355. The van der Waals surface area contributed by atoms with Crippen LogP contribution < -0.4 is 0 Å². The van der Waals surface area contributed by atoms with Crippen LogP contribution in [0.1, 0.15) is 39.0 Å². The highest BCUT2D eigenvalue weighted by atomic mass is 35.5. The zero-order valence-corrected chi connectivity index (χ0v) is 12.1. The number of aromatic nitrogens is 2. The summed E-state index contributed by atoms with van der Waals surface area (Å²) in [6, 6.07) is 7.82. The number of rotatable bonds is 7. The number of para-hydroxylation sites is 2. The maximum atomic E-state index is 10.1. The Morgan fingerprint density at radius 2 is 2.05 bits per heavy atom. The summed E-state index contributed by atoms with van der Waals surface area (Å²) < 4.78 is 1.89. The number of imidazole rings is 1. The van der Waals surface area contributed by atoms with Crippen LogP contribution in [0.3, 0.4) is 0 Å². The van der Waals surface area contributed by atoms with Crippen LogP contribution in [0.4, 0.5) is 0 Å². The molecular formula is C15H21ClN2O. The van der Waals surface area contributed by atoms with Gasteiger partial charge in [-0.25, -0.2) is 4.98 Å². The summed E-state index contributed by atoms with van der Waals surface area (Å²) >= 11 is 6.14. The Morgan fingerprint density at radius 3 is 2.84 bits per heavy atom. The van der Waals surface area contributed by atoms with Crippen molar-refractivity contribution >= 4 is 22.6 Å². The lowest BCUT2D eigenvalue weighted by Gasteiger charge is -2.12. The van der Waals surface area contributed by atoms with Gasteiger partial charge in [-0.15, -0.1) is 0 Å². The minimum Gasteiger partial charge on any atom is -0.391 e. The second-order valence-electron chi connectivity index (χ2n) is 4.98. The van der Waals surface area contributed by atoms with E-state index in [9.17, 15) is 5.11 Å². The van der Waals surface area contributed by atoms with Crippen LogP contribution in [0.5, 0.6) is 0 Å². The van der Waals surface area contributed by atoms with E-state index in [1.165, 1.54) is 19.3 Å². The van der Waals surface area contributed by atoms with Gasteiger partial charge in [0.15, 0.2) is 0 Å². The first-order valence-corrected chi connectivity index (χ1v) is 7.39. The number of aliphatic hydroxyl groups excluding tert-OH is 1. The second kappa shape index (κ2) is 6.92. The van der Waals surface area contributed by atoms with Gasteiger partial charge in [0.25, 0.3) is 0 Å². The third-order valence-electron chi connectivity index (χ3n) is 3.39. The molecule has 1 heterocycles. The van der Waals surface area contributed by atoms with Crippen LogP contribution in [-0.4, -0.2) is 20.8 Å². The van der Waals surface area contributed by atoms with Crippen LogP contribution in [-0.2, 0) is 6.54 Å². The van der Waals surface area contributed by atoms with Gasteiger partial charge in [0.05, 0.1) is 23.7 Å². The quantitative estimate of drug-likeness (QED) is 0.778. The Morgan fingerprint density at radius 1 is 1.26 bits per heavy atom. The van der Waals surface area contributed by atoms with Gasteiger partial charge in [0.2, 0.25) is 5.28 Å². The molecule has 0 saturated carbocycles. The number of nitrogens with zero attached hydrogens (tertiary/aromatic N) is 2. The molecule has 0 saturated heterocycles. The van der Waals surface area contributed by atoms with E-state index in [0.717, 1.165) is 23.9 Å². The van der Waals surface area contributed by atoms with Crippen molar-refractivity contribution < 1.29 is 5.11 Å². The maximum Gasteiger partial charge on any atom is 0.203 e. The number of benzene rings is 1. The molecule has 1 aromatic heterocycles. The van der Waals surface area contributed by atoms with Crippen LogP contribution in [0.25, 0.3) is 11.0 Å². The van der Waals surface area contributed by atoms with Gasteiger partial charge in [-0.3, -0.25) is 0 Å². The van der Waals surface area contributed by atoms with Gasteiger partial charge in [0, 0.05) is 0 Å². The molecule has 104 valence electrons. The molecule has 1 atom stereocenters. The lowest BCUT2D eigenvalue weighted by molar-refractivity contribution is 0.142. The monoisotopic (exact) mass is 280 g/mol. The average molecular weight is 281 g/mol. The third kappa shape index (κ3) is 3.71. The molecular weight excluding hydrogens is 260 g/mol. The molecule has 1 N–H and O–H groups in total. The molecule has 1 aromatic carbocycles. The van der Waals surface area contributed by atoms with Crippen LogP contribution in [0, 0.1) is 0 Å². The minimum absolute atomic E-state index is 0.355. The molecule has 0 radical (unpaired) electrons. The van der Waals surface area contributed by atoms with E-state index >= 15 is 0 Å².